The smallest absolute Gasteiger partial charge is 0.340 e. The van der Waals surface area contributed by atoms with Crippen LogP contribution in [0.3, 0.4) is 0 Å². The van der Waals surface area contributed by atoms with Crippen molar-refractivity contribution in [3.8, 4) is 5.75 Å². The summed E-state index contributed by atoms with van der Waals surface area (Å²) in [5, 5.41) is -0.385. The summed E-state index contributed by atoms with van der Waals surface area (Å²) in [7, 11) is -3.24. The lowest BCUT2D eigenvalue weighted by Gasteiger charge is -2.10. The molecule has 0 fully saturated rings. The molecule has 0 heterocycles. The van der Waals surface area contributed by atoms with E-state index in [2.05, 4.69) is 4.74 Å². The Kier molecular flexibility index (Phi) is 5.13. The molecule has 2 aromatic rings. The number of carbonyl (C=O) groups excluding carboxylic acids is 1. The van der Waals surface area contributed by atoms with Crippen LogP contribution in [0.5, 0.6) is 5.75 Å². The molecule has 0 aliphatic carbocycles. The highest BCUT2D eigenvalue weighted by Gasteiger charge is 2.23. The van der Waals surface area contributed by atoms with Gasteiger partial charge in [0.2, 0.25) is 0 Å². The van der Waals surface area contributed by atoms with Gasteiger partial charge in [0.05, 0.1) is 22.7 Å². The summed E-state index contributed by atoms with van der Waals surface area (Å²) in [6.45, 7) is 0. The molecule has 0 aliphatic heterocycles. The van der Waals surface area contributed by atoms with Crippen molar-refractivity contribution in [3.63, 3.8) is 0 Å². The van der Waals surface area contributed by atoms with Gasteiger partial charge in [0, 0.05) is 0 Å². The van der Waals surface area contributed by atoms with E-state index in [4.69, 9.17) is 27.4 Å². The van der Waals surface area contributed by atoms with Gasteiger partial charge in [-0.05, 0) is 36.4 Å². The highest BCUT2D eigenvalue weighted by molar-refractivity contribution is 7.87. The number of esters is 1. The lowest BCUT2D eigenvalue weighted by Crippen LogP contribution is -2.12. The van der Waals surface area contributed by atoms with Crippen molar-refractivity contribution >= 4 is 39.3 Å². The van der Waals surface area contributed by atoms with E-state index in [0.29, 0.717) is 0 Å². The molecule has 0 aromatic heterocycles. The molecule has 0 N–H and O–H groups in total. The van der Waals surface area contributed by atoms with Crippen LogP contribution in [0.15, 0.2) is 41.3 Å². The van der Waals surface area contributed by atoms with Crippen molar-refractivity contribution in [2.45, 2.75) is 4.90 Å². The first-order chi connectivity index (χ1) is 10.7. The molecule has 0 atom stereocenters. The summed E-state index contributed by atoms with van der Waals surface area (Å²) >= 11 is 11.6. The summed E-state index contributed by atoms with van der Waals surface area (Å²) in [4.78, 5) is 11.0. The Morgan fingerprint density at radius 2 is 1.78 bits per heavy atom. The van der Waals surface area contributed by atoms with E-state index in [-0.39, 0.29) is 21.4 Å². The van der Waals surface area contributed by atoms with Crippen LogP contribution in [0.25, 0.3) is 0 Å². The molecular weight excluding hydrogens is 370 g/mol. The van der Waals surface area contributed by atoms with Gasteiger partial charge in [-0.2, -0.15) is 8.42 Å². The highest BCUT2D eigenvalue weighted by Crippen LogP contribution is 2.30. The topological polar surface area (TPSA) is 69.7 Å². The maximum atomic E-state index is 13.0. The predicted molar refractivity (Wildman–Crippen MR) is 82.0 cm³/mol. The van der Waals surface area contributed by atoms with Crippen molar-refractivity contribution in [1.29, 1.82) is 0 Å². The van der Waals surface area contributed by atoms with Crippen LogP contribution in [0.1, 0.15) is 10.4 Å². The van der Waals surface area contributed by atoms with Gasteiger partial charge < -0.3 is 8.92 Å². The van der Waals surface area contributed by atoms with Gasteiger partial charge in [0.15, 0.2) is 5.75 Å². The van der Waals surface area contributed by atoms with Crippen LogP contribution in [-0.4, -0.2) is 21.5 Å². The monoisotopic (exact) mass is 378 g/mol. The second kappa shape index (κ2) is 6.74. The molecule has 23 heavy (non-hydrogen) atoms. The Hall–Kier alpha value is -1.83. The molecule has 122 valence electrons. The van der Waals surface area contributed by atoms with Crippen LogP contribution >= 0.6 is 23.2 Å². The standard InChI is InChI=1S/C14H9Cl2FO5S/c1-21-14(18)8-2-4-10(15)13(6-8)23(19,20)22-12-5-3-9(17)7-11(12)16/h2-7H,1H3. The molecule has 0 saturated carbocycles. The second-order valence-corrected chi connectivity index (χ2v) is 6.58. The van der Waals surface area contributed by atoms with Crippen molar-refractivity contribution in [2.75, 3.05) is 7.11 Å². The van der Waals surface area contributed by atoms with Gasteiger partial charge in [-0.15, -0.1) is 0 Å². The lowest BCUT2D eigenvalue weighted by atomic mass is 10.2. The normalized spacial score (nSPS) is 11.1. The first kappa shape index (κ1) is 17.5. The zero-order valence-corrected chi connectivity index (χ0v) is 13.9. The molecule has 5 nitrogen and oxygen atoms in total. The Morgan fingerprint density at radius 1 is 1.09 bits per heavy atom. The number of rotatable bonds is 4. The molecule has 2 aromatic carbocycles. The van der Waals surface area contributed by atoms with Gasteiger partial charge in [-0.25, -0.2) is 9.18 Å². The maximum absolute atomic E-state index is 13.0. The fourth-order valence-electron chi connectivity index (χ4n) is 1.65. The molecule has 0 bridgehead atoms. The summed E-state index contributed by atoms with van der Waals surface area (Å²) < 4.78 is 47.0. The van der Waals surface area contributed by atoms with Crippen LogP contribution < -0.4 is 4.18 Å². The van der Waals surface area contributed by atoms with Gasteiger partial charge in [-0.3, -0.25) is 0 Å². The minimum Gasteiger partial charge on any atom is -0.465 e. The van der Waals surface area contributed by atoms with Crippen LogP contribution in [0.4, 0.5) is 4.39 Å². The molecule has 0 spiro atoms. The molecule has 0 radical (unpaired) electrons. The summed E-state index contributed by atoms with van der Waals surface area (Å²) in [6, 6.07) is 6.49. The number of hydrogen-bond donors (Lipinski definition) is 0. The van der Waals surface area contributed by atoms with Crippen LogP contribution in [-0.2, 0) is 14.9 Å². The van der Waals surface area contributed by atoms with Crippen LogP contribution in [0.2, 0.25) is 10.0 Å². The third-order valence-electron chi connectivity index (χ3n) is 2.72. The maximum Gasteiger partial charge on any atom is 0.340 e. The Bertz CT molecular complexity index is 867. The number of carbonyl (C=O) groups is 1. The second-order valence-electron chi connectivity index (χ2n) is 4.25. The average molecular weight is 379 g/mol. The third-order valence-corrected chi connectivity index (χ3v) is 4.73. The Morgan fingerprint density at radius 3 is 2.39 bits per heavy atom. The summed E-state index contributed by atoms with van der Waals surface area (Å²) in [5.41, 5.74) is -0.0238. The summed E-state index contributed by atoms with van der Waals surface area (Å²) in [5.74, 6) is -1.66. The molecule has 2 rings (SSSR count). The number of ether oxygens (including phenoxy) is 1. The SMILES string of the molecule is COC(=O)c1ccc(Cl)c(S(=O)(=O)Oc2ccc(F)cc2Cl)c1. The molecule has 0 saturated heterocycles. The Labute approximate surface area is 141 Å². The zero-order valence-electron chi connectivity index (χ0n) is 11.5. The van der Waals surface area contributed by atoms with Crippen molar-refractivity contribution in [3.05, 3.63) is 57.8 Å². The molecule has 0 amide bonds. The van der Waals surface area contributed by atoms with Crippen molar-refractivity contribution in [1.82, 2.24) is 0 Å². The largest absolute Gasteiger partial charge is 0.465 e. The zero-order chi connectivity index (χ0) is 17.2. The highest BCUT2D eigenvalue weighted by atomic mass is 35.5. The van der Waals surface area contributed by atoms with E-state index in [0.717, 1.165) is 31.4 Å². The lowest BCUT2D eigenvalue weighted by molar-refractivity contribution is 0.0600. The molecule has 0 aliphatic rings. The van der Waals surface area contributed by atoms with Gasteiger partial charge in [-0.1, -0.05) is 23.2 Å². The van der Waals surface area contributed by atoms with Gasteiger partial charge >= 0.3 is 16.1 Å². The van der Waals surface area contributed by atoms with E-state index >= 15 is 0 Å². The van der Waals surface area contributed by atoms with E-state index < -0.39 is 26.8 Å². The van der Waals surface area contributed by atoms with E-state index in [1.54, 1.807) is 0 Å². The fraction of sp³-hybridized carbons (Fsp3) is 0.0714. The molecule has 0 unspecified atom stereocenters. The third kappa shape index (κ3) is 3.93. The fourth-order valence-corrected chi connectivity index (χ4v) is 3.35. The number of hydrogen-bond acceptors (Lipinski definition) is 5. The average Bonchev–Trinajstić information content (AvgIpc) is 2.49. The molecular formula is C14H9Cl2FO5S. The van der Waals surface area contributed by atoms with Crippen molar-refractivity contribution < 1.29 is 26.5 Å². The Balaban J connectivity index is 2.45. The quantitative estimate of drug-likeness (QED) is 0.599. The number of halogens is 3. The van der Waals surface area contributed by atoms with E-state index in [9.17, 15) is 17.6 Å². The first-order valence-corrected chi connectivity index (χ1v) is 8.18. The number of methoxy groups -OCH3 is 1. The van der Waals surface area contributed by atoms with Crippen molar-refractivity contribution in [2.24, 2.45) is 0 Å². The predicted octanol–water partition coefficient (Wildman–Crippen LogP) is 3.69. The minimum atomic E-state index is -4.39. The van der Waals surface area contributed by atoms with E-state index in [1.807, 2.05) is 0 Å². The number of benzene rings is 2. The minimum absolute atomic E-state index is 0.0238. The van der Waals surface area contributed by atoms with Gasteiger partial charge in [0.1, 0.15) is 10.7 Å². The first-order valence-electron chi connectivity index (χ1n) is 6.02. The molecule has 9 heteroatoms. The van der Waals surface area contributed by atoms with Crippen LogP contribution in [0, 0.1) is 5.82 Å². The van der Waals surface area contributed by atoms with E-state index in [1.165, 1.54) is 12.1 Å². The summed E-state index contributed by atoms with van der Waals surface area (Å²) in [6.07, 6.45) is 0. The van der Waals surface area contributed by atoms with Gasteiger partial charge in [0.25, 0.3) is 0 Å².